The van der Waals surface area contributed by atoms with E-state index in [1.807, 2.05) is 24.0 Å². The molecule has 108 valence electrons. The zero-order valence-electron chi connectivity index (χ0n) is 11.4. The number of benzene rings is 1. The number of rotatable bonds is 2. The number of ether oxygens (including phenoxy) is 1. The van der Waals surface area contributed by atoms with E-state index < -0.39 is 0 Å². The highest BCUT2D eigenvalue weighted by molar-refractivity contribution is 9.09. The van der Waals surface area contributed by atoms with Crippen LogP contribution in [0.2, 0.25) is 0 Å². The minimum absolute atomic E-state index is 0.0116. The molecule has 0 bridgehead atoms. The molecule has 3 atom stereocenters. The largest absolute Gasteiger partial charge is 0.371 e. The number of amides is 1. The predicted molar refractivity (Wildman–Crippen MR) is 84.6 cm³/mol. The summed E-state index contributed by atoms with van der Waals surface area (Å²) < 4.78 is 5.80. The van der Waals surface area contributed by atoms with Crippen LogP contribution in [-0.2, 0) is 9.53 Å². The van der Waals surface area contributed by atoms with Crippen molar-refractivity contribution in [1.29, 1.82) is 0 Å². The lowest BCUT2D eigenvalue weighted by Gasteiger charge is -2.37. The Labute approximate surface area is 132 Å². The average Bonchev–Trinajstić information content (AvgIpc) is 2.89. The molecule has 2 heterocycles. The molecule has 0 aromatic heterocycles. The quantitative estimate of drug-likeness (QED) is 0.764. The number of carbonyl (C=O) groups excluding carboxylic acids is 1. The van der Waals surface area contributed by atoms with E-state index >= 15 is 0 Å². The maximum atomic E-state index is 12.8. The van der Waals surface area contributed by atoms with Crippen molar-refractivity contribution in [2.24, 2.45) is 0 Å². The molecule has 0 N–H and O–H groups in total. The first-order chi connectivity index (χ1) is 9.69. The van der Waals surface area contributed by atoms with Crippen LogP contribution >= 0.6 is 27.7 Å². The molecule has 1 aromatic carbocycles. The SMILES string of the molecule is CC1CN(C(=O)C2CSc3ccccc32)CC(CBr)O1. The van der Waals surface area contributed by atoms with E-state index in [2.05, 4.69) is 28.1 Å². The number of fused-ring (bicyclic) bond motifs is 1. The second kappa shape index (κ2) is 6.08. The molecule has 0 radical (unpaired) electrons. The van der Waals surface area contributed by atoms with Gasteiger partial charge < -0.3 is 9.64 Å². The Hall–Kier alpha value is -0.520. The summed E-state index contributed by atoms with van der Waals surface area (Å²) >= 11 is 5.24. The van der Waals surface area contributed by atoms with E-state index in [1.165, 1.54) is 10.5 Å². The van der Waals surface area contributed by atoms with Gasteiger partial charge in [0, 0.05) is 29.1 Å². The van der Waals surface area contributed by atoms with Crippen molar-refractivity contribution < 1.29 is 9.53 Å². The summed E-state index contributed by atoms with van der Waals surface area (Å²) in [6.45, 7) is 3.43. The first-order valence-corrected chi connectivity index (χ1v) is 9.01. The van der Waals surface area contributed by atoms with Crippen LogP contribution in [0.5, 0.6) is 0 Å². The number of halogens is 1. The zero-order valence-corrected chi connectivity index (χ0v) is 13.8. The third kappa shape index (κ3) is 2.76. The summed E-state index contributed by atoms with van der Waals surface area (Å²) in [6, 6.07) is 8.25. The normalized spacial score (nSPS) is 29.3. The van der Waals surface area contributed by atoms with Gasteiger partial charge in [0.1, 0.15) is 0 Å². The van der Waals surface area contributed by atoms with Crippen LogP contribution in [-0.4, -0.2) is 47.2 Å². The highest BCUT2D eigenvalue weighted by Crippen LogP contribution is 2.40. The molecule has 3 nitrogen and oxygen atoms in total. The van der Waals surface area contributed by atoms with E-state index in [4.69, 9.17) is 4.74 Å². The van der Waals surface area contributed by atoms with E-state index in [0.717, 1.165) is 11.1 Å². The summed E-state index contributed by atoms with van der Waals surface area (Å²) in [7, 11) is 0. The van der Waals surface area contributed by atoms with Crippen LogP contribution < -0.4 is 0 Å². The Morgan fingerprint density at radius 1 is 1.45 bits per heavy atom. The van der Waals surface area contributed by atoms with Crippen molar-refractivity contribution in [3.8, 4) is 0 Å². The number of hydrogen-bond donors (Lipinski definition) is 0. The molecule has 1 saturated heterocycles. The fraction of sp³-hybridized carbons (Fsp3) is 0.533. The second-order valence-electron chi connectivity index (χ2n) is 5.37. The number of alkyl halides is 1. The number of nitrogens with zero attached hydrogens (tertiary/aromatic N) is 1. The number of thioether (sulfide) groups is 1. The summed E-state index contributed by atoms with van der Waals surface area (Å²) in [6.07, 6.45) is 0.214. The topological polar surface area (TPSA) is 29.5 Å². The second-order valence-corrected chi connectivity index (χ2v) is 7.08. The summed E-state index contributed by atoms with van der Waals surface area (Å²) in [5, 5.41) is 0.775. The van der Waals surface area contributed by atoms with Gasteiger partial charge in [-0.05, 0) is 18.6 Å². The fourth-order valence-corrected chi connectivity index (χ4v) is 4.48. The third-order valence-corrected chi connectivity index (χ3v) is 5.71. The van der Waals surface area contributed by atoms with Crippen LogP contribution in [0.4, 0.5) is 0 Å². The van der Waals surface area contributed by atoms with Gasteiger partial charge in [-0.3, -0.25) is 4.79 Å². The van der Waals surface area contributed by atoms with Crippen LogP contribution in [0.15, 0.2) is 29.2 Å². The van der Waals surface area contributed by atoms with Gasteiger partial charge in [0.25, 0.3) is 0 Å². The number of hydrogen-bond acceptors (Lipinski definition) is 3. The van der Waals surface area contributed by atoms with Gasteiger partial charge in [0.15, 0.2) is 0 Å². The van der Waals surface area contributed by atoms with E-state index in [9.17, 15) is 4.79 Å². The van der Waals surface area contributed by atoms with Gasteiger partial charge in [0.05, 0.1) is 18.1 Å². The third-order valence-electron chi connectivity index (χ3n) is 3.81. The molecule has 3 rings (SSSR count). The monoisotopic (exact) mass is 355 g/mol. The number of carbonyl (C=O) groups is 1. The number of morpholine rings is 1. The summed E-state index contributed by atoms with van der Waals surface area (Å²) in [4.78, 5) is 16.0. The fourth-order valence-electron chi connectivity index (χ4n) is 2.90. The lowest BCUT2D eigenvalue weighted by Crippen LogP contribution is -2.51. The molecule has 3 unspecified atom stereocenters. The molecule has 5 heteroatoms. The Bertz CT molecular complexity index is 510. The highest BCUT2D eigenvalue weighted by Gasteiger charge is 2.35. The van der Waals surface area contributed by atoms with Crippen LogP contribution in [0.25, 0.3) is 0 Å². The van der Waals surface area contributed by atoms with Gasteiger partial charge >= 0.3 is 0 Å². The van der Waals surface area contributed by atoms with Crippen LogP contribution in [0.1, 0.15) is 18.4 Å². The van der Waals surface area contributed by atoms with Crippen molar-refractivity contribution in [2.45, 2.75) is 29.9 Å². The van der Waals surface area contributed by atoms with Crippen LogP contribution in [0, 0.1) is 0 Å². The Morgan fingerprint density at radius 3 is 3.05 bits per heavy atom. The summed E-state index contributed by atoms with van der Waals surface area (Å²) in [5.41, 5.74) is 1.19. The van der Waals surface area contributed by atoms with Crippen molar-refractivity contribution in [3.63, 3.8) is 0 Å². The maximum absolute atomic E-state index is 12.8. The van der Waals surface area contributed by atoms with Gasteiger partial charge in [0.2, 0.25) is 5.91 Å². The van der Waals surface area contributed by atoms with Crippen molar-refractivity contribution in [3.05, 3.63) is 29.8 Å². The molecular formula is C15H18BrNO2S. The zero-order chi connectivity index (χ0) is 14.1. The van der Waals surface area contributed by atoms with Crippen molar-refractivity contribution in [1.82, 2.24) is 4.90 Å². The molecular weight excluding hydrogens is 338 g/mol. The van der Waals surface area contributed by atoms with Gasteiger partial charge in [-0.2, -0.15) is 0 Å². The lowest BCUT2D eigenvalue weighted by molar-refractivity contribution is -0.143. The molecule has 20 heavy (non-hydrogen) atoms. The Balaban J connectivity index is 1.76. The minimum Gasteiger partial charge on any atom is -0.371 e. The lowest BCUT2D eigenvalue weighted by atomic mass is 9.99. The Morgan fingerprint density at radius 2 is 2.25 bits per heavy atom. The average molecular weight is 356 g/mol. The van der Waals surface area contributed by atoms with Crippen molar-refractivity contribution >= 4 is 33.6 Å². The molecule has 0 saturated carbocycles. The summed E-state index contributed by atoms with van der Waals surface area (Å²) in [5.74, 6) is 1.13. The molecule has 0 aliphatic carbocycles. The van der Waals surface area contributed by atoms with Crippen LogP contribution in [0.3, 0.4) is 0 Å². The standard InChI is InChI=1S/C15H18BrNO2S/c1-10-7-17(8-11(6-16)19-10)15(18)13-9-20-14-5-3-2-4-12(13)14/h2-5,10-11,13H,6-9H2,1H3. The molecule has 2 aliphatic rings. The van der Waals surface area contributed by atoms with Gasteiger partial charge in [-0.15, -0.1) is 11.8 Å². The van der Waals surface area contributed by atoms with Crippen molar-refractivity contribution in [2.75, 3.05) is 24.2 Å². The molecule has 2 aliphatic heterocycles. The minimum atomic E-state index is 0.0116. The van der Waals surface area contributed by atoms with Gasteiger partial charge in [-0.1, -0.05) is 34.1 Å². The van der Waals surface area contributed by atoms with E-state index in [1.54, 1.807) is 11.8 Å². The predicted octanol–water partition coefficient (Wildman–Crippen LogP) is 2.89. The molecule has 1 fully saturated rings. The van der Waals surface area contributed by atoms with E-state index in [-0.39, 0.29) is 24.0 Å². The first kappa shape index (κ1) is 14.4. The first-order valence-electron chi connectivity index (χ1n) is 6.91. The maximum Gasteiger partial charge on any atom is 0.231 e. The smallest absolute Gasteiger partial charge is 0.231 e. The Kier molecular flexibility index (Phi) is 4.38. The highest BCUT2D eigenvalue weighted by atomic mass is 79.9. The van der Waals surface area contributed by atoms with E-state index in [0.29, 0.717) is 13.1 Å². The van der Waals surface area contributed by atoms with Gasteiger partial charge in [-0.25, -0.2) is 0 Å². The molecule has 0 spiro atoms. The molecule has 1 aromatic rings. The molecule has 1 amide bonds.